The lowest BCUT2D eigenvalue weighted by Crippen LogP contribution is -2.09. The second-order valence-electron chi connectivity index (χ2n) is 6.93. The Morgan fingerprint density at radius 1 is 1.08 bits per heavy atom. The van der Waals surface area contributed by atoms with Gasteiger partial charge in [-0.15, -0.1) is 0 Å². The smallest absolute Gasteiger partial charge is 0.133 e. The number of hydrogen-bond acceptors (Lipinski definition) is 3. The van der Waals surface area contributed by atoms with Crippen molar-refractivity contribution >= 4 is 5.82 Å². The average molecular weight is 332 g/mol. The van der Waals surface area contributed by atoms with Gasteiger partial charge in [-0.25, -0.2) is 4.68 Å². The molecule has 0 spiro atoms. The highest BCUT2D eigenvalue weighted by Gasteiger charge is 2.23. The second-order valence-corrected chi connectivity index (χ2v) is 6.93. The lowest BCUT2D eigenvalue weighted by Gasteiger charge is -2.15. The molecule has 2 aromatic heterocycles. The van der Waals surface area contributed by atoms with E-state index in [0.29, 0.717) is 5.92 Å². The predicted octanol–water partition coefficient (Wildman–Crippen LogP) is 4.81. The molecule has 4 rings (SSSR count). The van der Waals surface area contributed by atoms with E-state index in [0.717, 1.165) is 30.0 Å². The Bertz CT molecular complexity index is 865. The van der Waals surface area contributed by atoms with Crippen LogP contribution >= 0.6 is 0 Å². The Morgan fingerprint density at radius 2 is 1.96 bits per heavy atom. The van der Waals surface area contributed by atoms with E-state index in [4.69, 9.17) is 5.10 Å². The van der Waals surface area contributed by atoms with Crippen LogP contribution in [-0.4, -0.2) is 21.3 Å². The third kappa shape index (κ3) is 2.93. The lowest BCUT2D eigenvalue weighted by atomic mass is 10.0. The summed E-state index contributed by atoms with van der Waals surface area (Å²) in [5.41, 5.74) is 5.93. The minimum absolute atomic E-state index is 0.448. The van der Waals surface area contributed by atoms with Gasteiger partial charge in [0.1, 0.15) is 5.82 Å². The van der Waals surface area contributed by atoms with Crippen LogP contribution in [-0.2, 0) is 6.42 Å². The van der Waals surface area contributed by atoms with Gasteiger partial charge in [0.05, 0.1) is 11.4 Å². The predicted molar refractivity (Wildman–Crippen MR) is 102 cm³/mol. The first-order valence-corrected chi connectivity index (χ1v) is 9.11. The number of aromatic nitrogens is 3. The van der Waals surface area contributed by atoms with Gasteiger partial charge in [-0.05, 0) is 48.9 Å². The van der Waals surface area contributed by atoms with E-state index in [9.17, 15) is 0 Å². The highest BCUT2D eigenvalue weighted by atomic mass is 15.3. The van der Waals surface area contributed by atoms with Gasteiger partial charge in [0.2, 0.25) is 0 Å². The van der Waals surface area contributed by atoms with E-state index < -0.39 is 0 Å². The SMILES string of the molecule is CC(C)c1ccccc1-n1nc(-c2cccnc2)c2c1NCCCC2. The van der Waals surface area contributed by atoms with Crippen molar-refractivity contribution in [2.24, 2.45) is 0 Å². The second kappa shape index (κ2) is 6.71. The molecule has 0 bridgehead atoms. The van der Waals surface area contributed by atoms with Crippen LogP contribution in [0.3, 0.4) is 0 Å². The van der Waals surface area contributed by atoms with E-state index in [-0.39, 0.29) is 0 Å². The summed E-state index contributed by atoms with van der Waals surface area (Å²) >= 11 is 0. The maximum Gasteiger partial charge on any atom is 0.133 e. The molecule has 1 aliphatic heterocycles. The summed E-state index contributed by atoms with van der Waals surface area (Å²) in [6.07, 6.45) is 7.14. The van der Waals surface area contributed by atoms with Crippen LogP contribution < -0.4 is 5.32 Å². The molecule has 3 heterocycles. The first-order chi connectivity index (χ1) is 12.3. The van der Waals surface area contributed by atoms with Crippen molar-refractivity contribution in [2.75, 3.05) is 11.9 Å². The highest BCUT2D eigenvalue weighted by Crippen LogP contribution is 2.35. The van der Waals surface area contributed by atoms with E-state index >= 15 is 0 Å². The molecule has 4 heteroatoms. The molecular weight excluding hydrogens is 308 g/mol. The fourth-order valence-electron chi connectivity index (χ4n) is 3.58. The average Bonchev–Trinajstić information content (AvgIpc) is 2.83. The molecule has 3 aromatic rings. The van der Waals surface area contributed by atoms with Gasteiger partial charge in [-0.2, -0.15) is 5.10 Å². The fourth-order valence-corrected chi connectivity index (χ4v) is 3.58. The highest BCUT2D eigenvalue weighted by molar-refractivity contribution is 5.71. The Hall–Kier alpha value is -2.62. The molecule has 1 aromatic carbocycles. The van der Waals surface area contributed by atoms with Crippen molar-refractivity contribution in [3.8, 4) is 16.9 Å². The topological polar surface area (TPSA) is 42.7 Å². The first kappa shape index (κ1) is 15.9. The van der Waals surface area contributed by atoms with Crippen molar-refractivity contribution in [1.82, 2.24) is 14.8 Å². The van der Waals surface area contributed by atoms with Crippen LogP contribution in [0.15, 0.2) is 48.8 Å². The molecule has 0 saturated carbocycles. The number of nitrogens with zero attached hydrogens (tertiary/aromatic N) is 3. The van der Waals surface area contributed by atoms with Gasteiger partial charge < -0.3 is 5.32 Å². The largest absolute Gasteiger partial charge is 0.370 e. The third-order valence-corrected chi connectivity index (χ3v) is 4.85. The standard InChI is InChI=1S/C21H24N4/c1-15(2)17-9-3-4-11-19(17)25-21-18(10-5-6-13-23-21)20(24-25)16-8-7-12-22-14-16/h3-4,7-9,11-12,14-15,23H,5-6,10,13H2,1-2H3. The van der Waals surface area contributed by atoms with E-state index in [1.165, 1.54) is 29.7 Å². The maximum atomic E-state index is 5.03. The number of rotatable bonds is 3. The monoisotopic (exact) mass is 332 g/mol. The normalized spacial score (nSPS) is 14.0. The number of hydrogen-bond donors (Lipinski definition) is 1. The summed E-state index contributed by atoms with van der Waals surface area (Å²) in [6.45, 7) is 5.46. The zero-order valence-electron chi connectivity index (χ0n) is 14.9. The molecular formula is C21H24N4. The van der Waals surface area contributed by atoms with Crippen LogP contribution in [0.25, 0.3) is 16.9 Å². The molecule has 1 aliphatic rings. The molecule has 0 radical (unpaired) electrons. The van der Waals surface area contributed by atoms with Gasteiger partial charge in [0, 0.05) is 30.1 Å². The minimum Gasteiger partial charge on any atom is -0.370 e. The van der Waals surface area contributed by atoms with E-state index in [1.54, 1.807) is 0 Å². The van der Waals surface area contributed by atoms with E-state index in [2.05, 4.69) is 59.2 Å². The molecule has 128 valence electrons. The summed E-state index contributed by atoms with van der Waals surface area (Å²) in [5.74, 6) is 1.59. The Labute approximate surface area is 148 Å². The molecule has 0 unspecified atom stereocenters. The van der Waals surface area contributed by atoms with Crippen molar-refractivity contribution in [3.05, 3.63) is 59.9 Å². The molecule has 4 nitrogen and oxygen atoms in total. The minimum atomic E-state index is 0.448. The van der Waals surface area contributed by atoms with Crippen molar-refractivity contribution in [3.63, 3.8) is 0 Å². The van der Waals surface area contributed by atoms with E-state index in [1.807, 2.05) is 18.5 Å². The van der Waals surface area contributed by atoms with Gasteiger partial charge >= 0.3 is 0 Å². The molecule has 0 amide bonds. The number of para-hydroxylation sites is 1. The molecule has 0 atom stereocenters. The number of anilines is 1. The van der Waals surface area contributed by atoms with Crippen LogP contribution in [0.1, 0.15) is 43.7 Å². The fraction of sp³-hybridized carbons (Fsp3) is 0.333. The van der Waals surface area contributed by atoms with Crippen LogP contribution in [0.5, 0.6) is 0 Å². The van der Waals surface area contributed by atoms with Crippen LogP contribution in [0.2, 0.25) is 0 Å². The van der Waals surface area contributed by atoms with Gasteiger partial charge in [0.25, 0.3) is 0 Å². The third-order valence-electron chi connectivity index (χ3n) is 4.85. The van der Waals surface area contributed by atoms with Crippen molar-refractivity contribution < 1.29 is 0 Å². The first-order valence-electron chi connectivity index (χ1n) is 9.11. The summed E-state index contributed by atoms with van der Waals surface area (Å²) in [5, 5.41) is 8.66. The number of benzene rings is 1. The zero-order chi connectivity index (χ0) is 17.2. The summed E-state index contributed by atoms with van der Waals surface area (Å²) in [6, 6.07) is 12.6. The quantitative estimate of drug-likeness (QED) is 0.749. The maximum absolute atomic E-state index is 5.03. The van der Waals surface area contributed by atoms with Gasteiger partial charge in [0.15, 0.2) is 0 Å². The lowest BCUT2D eigenvalue weighted by molar-refractivity contribution is 0.776. The number of pyridine rings is 1. The van der Waals surface area contributed by atoms with Gasteiger partial charge in [-0.3, -0.25) is 4.98 Å². The van der Waals surface area contributed by atoms with Crippen LogP contribution in [0, 0.1) is 0 Å². The molecule has 0 saturated heterocycles. The van der Waals surface area contributed by atoms with Crippen LogP contribution in [0.4, 0.5) is 5.82 Å². The number of nitrogens with one attached hydrogen (secondary N) is 1. The summed E-state index contributed by atoms with van der Waals surface area (Å²) in [7, 11) is 0. The molecule has 0 fully saturated rings. The molecule has 25 heavy (non-hydrogen) atoms. The molecule has 0 aliphatic carbocycles. The van der Waals surface area contributed by atoms with Crippen molar-refractivity contribution in [2.45, 2.75) is 39.0 Å². The van der Waals surface area contributed by atoms with Crippen molar-refractivity contribution in [1.29, 1.82) is 0 Å². The Morgan fingerprint density at radius 3 is 2.76 bits per heavy atom. The zero-order valence-corrected chi connectivity index (χ0v) is 14.9. The summed E-state index contributed by atoms with van der Waals surface area (Å²) < 4.78 is 2.11. The van der Waals surface area contributed by atoms with Gasteiger partial charge in [-0.1, -0.05) is 32.0 Å². The Kier molecular flexibility index (Phi) is 4.26. The summed E-state index contributed by atoms with van der Waals surface area (Å²) in [4.78, 5) is 4.29. The number of fused-ring (bicyclic) bond motifs is 1. The Balaban J connectivity index is 1.94. The molecule has 1 N–H and O–H groups in total.